The molecule has 0 atom stereocenters. The molecule has 1 aliphatic rings. The summed E-state index contributed by atoms with van der Waals surface area (Å²) < 4.78 is 28.3. The van der Waals surface area contributed by atoms with E-state index < -0.39 is 10.0 Å². The van der Waals surface area contributed by atoms with Gasteiger partial charge >= 0.3 is 0 Å². The van der Waals surface area contributed by atoms with Crippen LogP contribution in [0.15, 0.2) is 10.3 Å². The topological polar surface area (TPSA) is 58.2 Å². The molecule has 0 amide bonds. The van der Waals surface area contributed by atoms with Crippen LogP contribution >= 0.6 is 23.1 Å². The van der Waals surface area contributed by atoms with Gasteiger partial charge in [-0.25, -0.2) is 13.1 Å². The highest BCUT2D eigenvalue weighted by Gasteiger charge is 2.26. The smallest absolute Gasteiger partial charge is 0.242 e. The molecule has 1 aliphatic heterocycles. The molecule has 0 unspecified atom stereocenters. The molecule has 0 saturated carbocycles. The Balaban J connectivity index is 2.16. The highest BCUT2D eigenvalue weighted by Crippen LogP contribution is 2.28. The summed E-state index contributed by atoms with van der Waals surface area (Å²) in [5.41, 5.74) is 0.846. The van der Waals surface area contributed by atoms with Gasteiger partial charge in [0.2, 0.25) is 10.0 Å². The van der Waals surface area contributed by atoms with Gasteiger partial charge in [0.1, 0.15) is 4.90 Å². The van der Waals surface area contributed by atoms with E-state index in [1.807, 2.05) is 24.1 Å². The lowest BCUT2D eigenvalue weighted by Gasteiger charge is -2.22. The van der Waals surface area contributed by atoms with Crippen molar-refractivity contribution < 1.29 is 8.42 Å². The molecule has 2 rings (SSSR count). The Morgan fingerprint density at radius 1 is 1.33 bits per heavy atom. The minimum atomic E-state index is -3.41. The average Bonchev–Trinajstić information content (AvgIpc) is 2.79. The fourth-order valence-corrected chi connectivity index (χ4v) is 6.53. The SMILES string of the molecule is Cc1csc(CNC(C)C)c1S(=O)(=O)NC1CCSCC1. The Labute approximate surface area is 136 Å². The van der Waals surface area contributed by atoms with Crippen LogP contribution in [0.25, 0.3) is 0 Å². The highest BCUT2D eigenvalue weighted by atomic mass is 32.2. The van der Waals surface area contributed by atoms with Gasteiger partial charge in [-0.05, 0) is 42.2 Å². The Bertz CT molecular complexity index is 561. The molecule has 4 nitrogen and oxygen atoms in total. The summed E-state index contributed by atoms with van der Waals surface area (Å²) in [6.45, 7) is 6.60. The van der Waals surface area contributed by atoms with Gasteiger partial charge in [0.25, 0.3) is 0 Å². The summed E-state index contributed by atoms with van der Waals surface area (Å²) in [6.07, 6.45) is 1.85. The van der Waals surface area contributed by atoms with Crippen molar-refractivity contribution in [2.24, 2.45) is 0 Å². The largest absolute Gasteiger partial charge is 0.310 e. The van der Waals surface area contributed by atoms with Crippen LogP contribution in [0.1, 0.15) is 37.1 Å². The van der Waals surface area contributed by atoms with Gasteiger partial charge < -0.3 is 5.32 Å². The van der Waals surface area contributed by atoms with Crippen molar-refractivity contribution >= 4 is 33.1 Å². The van der Waals surface area contributed by atoms with Gasteiger partial charge in [-0.3, -0.25) is 0 Å². The Kier molecular flexibility index (Phi) is 6.14. The molecule has 7 heteroatoms. The summed E-state index contributed by atoms with van der Waals surface area (Å²) in [7, 11) is -3.41. The monoisotopic (exact) mass is 348 g/mol. The molecule has 0 spiro atoms. The summed E-state index contributed by atoms with van der Waals surface area (Å²) in [6, 6.07) is 0.424. The van der Waals surface area contributed by atoms with Crippen molar-refractivity contribution in [2.45, 2.75) is 57.1 Å². The van der Waals surface area contributed by atoms with E-state index in [9.17, 15) is 8.42 Å². The summed E-state index contributed by atoms with van der Waals surface area (Å²) >= 11 is 3.42. The van der Waals surface area contributed by atoms with E-state index in [0.29, 0.717) is 17.5 Å². The van der Waals surface area contributed by atoms with Crippen LogP contribution < -0.4 is 10.0 Å². The van der Waals surface area contributed by atoms with Crippen LogP contribution in [-0.2, 0) is 16.6 Å². The number of sulfonamides is 1. The normalized spacial score (nSPS) is 17.5. The van der Waals surface area contributed by atoms with E-state index in [0.717, 1.165) is 34.8 Å². The lowest BCUT2D eigenvalue weighted by molar-refractivity contribution is 0.526. The first-order chi connectivity index (χ1) is 9.90. The zero-order valence-corrected chi connectivity index (χ0v) is 15.3. The van der Waals surface area contributed by atoms with Gasteiger partial charge in [0, 0.05) is 23.5 Å². The van der Waals surface area contributed by atoms with Gasteiger partial charge in [-0.1, -0.05) is 13.8 Å². The maximum Gasteiger partial charge on any atom is 0.242 e. The Morgan fingerprint density at radius 2 is 2.00 bits per heavy atom. The van der Waals surface area contributed by atoms with Crippen LogP contribution in [0.3, 0.4) is 0 Å². The second kappa shape index (κ2) is 7.46. The van der Waals surface area contributed by atoms with Gasteiger partial charge in [0.05, 0.1) is 0 Å². The standard InChI is InChI=1S/C14H24N2O2S3/c1-10(2)15-8-13-14(11(3)9-20-13)21(17,18)16-12-4-6-19-7-5-12/h9-10,12,15-16H,4-8H2,1-3H3. The molecule has 0 bridgehead atoms. The fraction of sp³-hybridized carbons (Fsp3) is 0.714. The van der Waals surface area contributed by atoms with Crippen molar-refractivity contribution in [3.05, 3.63) is 15.8 Å². The quantitative estimate of drug-likeness (QED) is 0.830. The molecule has 120 valence electrons. The molecule has 21 heavy (non-hydrogen) atoms. The third-order valence-corrected chi connectivity index (χ3v) is 7.50. The molecule has 1 saturated heterocycles. The third-order valence-electron chi connectivity index (χ3n) is 3.47. The average molecular weight is 349 g/mol. The van der Waals surface area contributed by atoms with Gasteiger partial charge in [-0.15, -0.1) is 11.3 Å². The van der Waals surface area contributed by atoms with E-state index in [2.05, 4.69) is 23.9 Å². The first-order valence-electron chi connectivity index (χ1n) is 7.30. The Hall–Kier alpha value is -0.0800. The minimum absolute atomic E-state index is 0.0847. The van der Waals surface area contributed by atoms with Crippen LogP contribution in [-0.4, -0.2) is 32.0 Å². The molecule has 1 aromatic heterocycles. The van der Waals surface area contributed by atoms with Crippen molar-refractivity contribution in [3.63, 3.8) is 0 Å². The number of thioether (sulfide) groups is 1. The number of thiophene rings is 1. The van der Waals surface area contributed by atoms with E-state index >= 15 is 0 Å². The molecule has 2 heterocycles. The van der Waals surface area contributed by atoms with Gasteiger partial charge in [0.15, 0.2) is 0 Å². The van der Waals surface area contributed by atoms with Crippen molar-refractivity contribution in [3.8, 4) is 0 Å². The zero-order valence-electron chi connectivity index (χ0n) is 12.8. The number of hydrogen-bond donors (Lipinski definition) is 2. The molecular weight excluding hydrogens is 324 g/mol. The van der Waals surface area contributed by atoms with Crippen molar-refractivity contribution in [1.82, 2.24) is 10.0 Å². The van der Waals surface area contributed by atoms with E-state index in [1.165, 1.54) is 11.3 Å². The van der Waals surface area contributed by atoms with E-state index in [1.54, 1.807) is 0 Å². The zero-order chi connectivity index (χ0) is 15.5. The summed E-state index contributed by atoms with van der Waals surface area (Å²) in [5.74, 6) is 2.08. The highest BCUT2D eigenvalue weighted by molar-refractivity contribution is 7.99. The summed E-state index contributed by atoms with van der Waals surface area (Å²) in [4.78, 5) is 1.39. The third kappa shape index (κ3) is 4.69. The molecular formula is C14H24N2O2S3. The summed E-state index contributed by atoms with van der Waals surface area (Å²) in [5, 5.41) is 5.24. The molecule has 2 N–H and O–H groups in total. The van der Waals surface area contributed by atoms with Crippen LogP contribution in [0, 0.1) is 6.92 Å². The first-order valence-corrected chi connectivity index (χ1v) is 10.8. The fourth-order valence-electron chi connectivity index (χ4n) is 2.36. The number of rotatable bonds is 6. The molecule has 0 radical (unpaired) electrons. The lowest BCUT2D eigenvalue weighted by atomic mass is 10.2. The maximum absolute atomic E-state index is 12.7. The van der Waals surface area contributed by atoms with E-state index in [-0.39, 0.29) is 6.04 Å². The number of nitrogens with one attached hydrogen (secondary N) is 2. The minimum Gasteiger partial charge on any atom is -0.310 e. The van der Waals surface area contributed by atoms with E-state index in [4.69, 9.17) is 0 Å². The first kappa shape index (κ1) is 17.3. The second-order valence-corrected chi connectivity index (χ2v) is 9.55. The van der Waals surface area contributed by atoms with Crippen LogP contribution in [0.5, 0.6) is 0 Å². The molecule has 1 fully saturated rings. The lowest BCUT2D eigenvalue weighted by Crippen LogP contribution is -2.38. The number of hydrogen-bond acceptors (Lipinski definition) is 5. The molecule has 0 aliphatic carbocycles. The molecule has 1 aromatic rings. The number of aryl methyl sites for hydroxylation is 1. The van der Waals surface area contributed by atoms with Crippen molar-refractivity contribution in [2.75, 3.05) is 11.5 Å². The molecule has 0 aromatic carbocycles. The Morgan fingerprint density at radius 3 is 2.62 bits per heavy atom. The van der Waals surface area contributed by atoms with Crippen LogP contribution in [0.2, 0.25) is 0 Å². The second-order valence-electron chi connectivity index (χ2n) is 5.71. The maximum atomic E-state index is 12.7. The van der Waals surface area contributed by atoms with Gasteiger partial charge in [-0.2, -0.15) is 11.8 Å². The predicted molar refractivity (Wildman–Crippen MR) is 91.7 cm³/mol. The van der Waals surface area contributed by atoms with Crippen LogP contribution in [0.4, 0.5) is 0 Å². The predicted octanol–water partition coefficient (Wildman–Crippen LogP) is 2.73. The van der Waals surface area contributed by atoms with Crippen molar-refractivity contribution in [1.29, 1.82) is 0 Å².